The molecule has 0 radical (unpaired) electrons. The second kappa shape index (κ2) is 9.84. The van der Waals surface area contributed by atoms with Crippen LogP contribution in [0.25, 0.3) is 0 Å². The van der Waals surface area contributed by atoms with E-state index in [1.165, 1.54) is 16.4 Å². The normalized spacial score (nSPS) is 17.1. The summed E-state index contributed by atoms with van der Waals surface area (Å²) in [7, 11) is -2.05. The van der Waals surface area contributed by atoms with E-state index < -0.39 is 21.8 Å². The quantitative estimate of drug-likeness (QED) is 0.532. The Morgan fingerprint density at radius 2 is 1.85 bits per heavy atom. The van der Waals surface area contributed by atoms with Crippen molar-refractivity contribution >= 4 is 15.9 Å². The van der Waals surface area contributed by atoms with Gasteiger partial charge in [0.1, 0.15) is 5.82 Å². The standard InChI is InChI=1S/C24H27FN4O3S/c1-27(15-20-14-26-28(17-20)16-19-6-3-2-4-7-19)24(30)21-8-5-13-29(18-21)33(31,32)23-11-9-22(25)10-12-23/h2-4,6-7,9-12,14,17,21H,5,8,13,15-16,18H2,1H3. The van der Waals surface area contributed by atoms with Crippen LogP contribution in [-0.2, 0) is 27.9 Å². The summed E-state index contributed by atoms with van der Waals surface area (Å²) in [6, 6.07) is 14.8. The molecule has 7 nitrogen and oxygen atoms in total. The fourth-order valence-corrected chi connectivity index (χ4v) is 5.65. The fourth-order valence-electron chi connectivity index (χ4n) is 4.13. The molecule has 0 bridgehead atoms. The van der Waals surface area contributed by atoms with Gasteiger partial charge in [-0.1, -0.05) is 30.3 Å². The first kappa shape index (κ1) is 23.1. The van der Waals surface area contributed by atoms with E-state index in [1.807, 2.05) is 41.2 Å². The number of rotatable bonds is 7. The number of nitrogens with zero attached hydrogens (tertiary/aromatic N) is 4. The molecule has 0 saturated carbocycles. The Hall–Kier alpha value is -3.04. The zero-order chi connectivity index (χ0) is 23.4. The van der Waals surface area contributed by atoms with Gasteiger partial charge >= 0.3 is 0 Å². The molecule has 1 fully saturated rings. The number of sulfonamides is 1. The van der Waals surface area contributed by atoms with Gasteiger partial charge in [0, 0.05) is 38.4 Å². The Kier molecular flexibility index (Phi) is 6.90. The first-order valence-corrected chi connectivity index (χ1v) is 12.3. The number of halogens is 1. The van der Waals surface area contributed by atoms with Crippen LogP contribution in [0.2, 0.25) is 0 Å². The maximum Gasteiger partial charge on any atom is 0.243 e. The molecule has 1 aromatic heterocycles. The van der Waals surface area contributed by atoms with Crippen LogP contribution in [0.5, 0.6) is 0 Å². The second-order valence-electron chi connectivity index (χ2n) is 8.38. The Morgan fingerprint density at radius 1 is 1.12 bits per heavy atom. The third kappa shape index (κ3) is 5.48. The lowest BCUT2D eigenvalue weighted by Gasteiger charge is -2.33. The number of piperidine rings is 1. The van der Waals surface area contributed by atoms with Crippen LogP contribution in [0.4, 0.5) is 4.39 Å². The largest absolute Gasteiger partial charge is 0.341 e. The highest BCUT2D eigenvalue weighted by molar-refractivity contribution is 7.89. The second-order valence-corrected chi connectivity index (χ2v) is 10.3. The van der Waals surface area contributed by atoms with Crippen LogP contribution in [0, 0.1) is 11.7 Å². The smallest absolute Gasteiger partial charge is 0.243 e. The van der Waals surface area contributed by atoms with Gasteiger partial charge in [-0.2, -0.15) is 9.40 Å². The number of carbonyl (C=O) groups is 1. The molecule has 0 N–H and O–H groups in total. The van der Waals surface area contributed by atoms with E-state index >= 15 is 0 Å². The molecule has 2 heterocycles. The minimum Gasteiger partial charge on any atom is -0.341 e. The highest BCUT2D eigenvalue weighted by Gasteiger charge is 2.34. The van der Waals surface area contributed by atoms with Crippen LogP contribution < -0.4 is 0 Å². The Balaban J connectivity index is 1.38. The topological polar surface area (TPSA) is 75.5 Å². The van der Waals surface area contributed by atoms with Crippen molar-refractivity contribution in [1.82, 2.24) is 19.0 Å². The Bertz CT molecular complexity index is 1200. The van der Waals surface area contributed by atoms with Gasteiger partial charge in [0.05, 0.1) is 23.6 Å². The van der Waals surface area contributed by atoms with E-state index in [9.17, 15) is 17.6 Å². The average Bonchev–Trinajstić information content (AvgIpc) is 3.26. The number of carbonyl (C=O) groups excluding carboxylic acids is 1. The van der Waals surface area contributed by atoms with Crippen LogP contribution in [0.15, 0.2) is 71.9 Å². The lowest BCUT2D eigenvalue weighted by molar-refractivity contribution is -0.135. The van der Waals surface area contributed by atoms with Gasteiger partial charge in [-0.15, -0.1) is 0 Å². The first-order chi connectivity index (χ1) is 15.8. The van der Waals surface area contributed by atoms with Crippen LogP contribution >= 0.6 is 0 Å². The van der Waals surface area contributed by atoms with E-state index in [1.54, 1.807) is 18.1 Å². The van der Waals surface area contributed by atoms with E-state index in [0.29, 0.717) is 32.5 Å². The van der Waals surface area contributed by atoms with Gasteiger partial charge in [0.25, 0.3) is 0 Å². The maximum absolute atomic E-state index is 13.2. The van der Waals surface area contributed by atoms with Gasteiger partial charge in [-0.25, -0.2) is 12.8 Å². The van der Waals surface area contributed by atoms with E-state index in [2.05, 4.69) is 5.10 Å². The third-order valence-electron chi connectivity index (χ3n) is 5.85. The number of aromatic nitrogens is 2. The molecule has 1 saturated heterocycles. The summed E-state index contributed by atoms with van der Waals surface area (Å²) >= 11 is 0. The molecule has 1 atom stereocenters. The van der Waals surface area contributed by atoms with Gasteiger partial charge in [0.15, 0.2) is 0 Å². The van der Waals surface area contributed by atoms with E-state index in [-0.39, 0.29) is 17.3 Å². The highest BCUT2D eigenvalue weighted by atomic mass is 32.2. The van der Waals surface area contributed by atoms with Crippen LogP contribution in [0.1, 0.15) is 24.0 Å². The summed E-state index contributed by atoms with van der Waals surface area (Å²) in [6.07, 6.45) is 4.90. The Morgan fingerprint density at radius 3 is 2.58 bits per heavy atom. The maximum atomic E-state index is 13.2. The first-order valence-electron chi connectivity index (χ1n) is 10.9. The van der Waals surface area contributed by atoms with Crippen LogP contribution in [0.3, 0.4) is 0 Å². The molecule has 3 aromatic rings. The predicted molar refractivity (Wildman–Crippen MR) is 122 cm³/mol. The minimum atomic E-state index is -3.77. The number of hydrogen-bond acceptors (Lipinski definition) is 4. The molecule has 9 heteroatoms. The molecule has 174 valence electrons. The summed E-state index contributed by atoms with van der Waals surface area (Å²) in [4.78, 5) is 14.7. The summed E-state index contributed by atoms with van der Waals surface area (Å²) in [5.41, 5.74) is 2.05. The zero-order valence-corrected chi connectivity index (χ0v) is 19.3. The molecule has 1 amide bonds. The van der Waals surface area contributed by atoms with Crippen molar-refractivity contribution in [3.63, 3.8) is 0 Å². The minimum absolute atomic E-state index is 0.0381. The number of amides is 1. The molecule has 33 heavy (non-hydrogen) atoms. The third-order valence-corrected chi connectivity index (χ3v) is 7.73. The predicted octanol–water partition coefficient (Wildman–Crippen LogP) is 3.13. The number of hydrogen-bond donors (Lipinski definition) is 0. The van der Waals surface area contributed by atoms with Crippen molar-refractivity contribution < 1.29 is 17.6 Å². The molecule has 0 spiro atoms. The van der Waals surface area contributed by atoms with Gasteiger partial charge < -0.3 is 4.90 Å². The molecular weight excluding hydrogens is 443 g/mol. The summed E-state index contributed by atoms with van der Waals surface area (Å²) in [5.74, 6) is -1.00. The van der Waals surface area contributed by atoms with Crippen molar-refractivity contribution in [3.05, 3.63) is 83.9 Å². The van der Waals surface area contributed by atoms with Gasteiger partial charge in [0.2, 0.25) is 15.9 Å². The molecule has 2 aromatic carbocycles. The van der Waals surface area contributed by atoms with Crippen molar-refractivity contribution in [2.45, 2.75) is 30.8 Å². The zero-order valence-electron chi connectivity index (χ0n) is 18.5. The van der Waals surface area contributed by atoms with Crippen molar-refractivity contribution in [1.29, 1.82) is 0 Å². The summed E-state index contributed by atoms with van der Waals surface area (Å²) in [6.45, 7) is 1.52. The monoisotopic (exact) mass is 470 g/mol. The van der Waals surface area contributed by atoms with Crippen molar-refractivity contribution in [2.75, 3.05) is 20.1 Å². The average molecular weight is 471 g/mol. The van der Waals surface area contributed by atoms with Crippen molar-refractivity contribution in [3.8, 4) is 0 Å². The number of benzene rings is 2. The van der Waals surface area contributed by atoms with E-state index in [0.717, 1.165) is 23.3 Å². The molecule has 1 unspecified atom stereocenters. The SMILES string of the molecule is CN(Cc1cnn(Cc2ccccc2)c1)C(=O)C1CCCN(S(=O)(=O)c2ccc(F)cc2)C1. The Labute approximate surface area is 193 Å². The van der Waals surface area contributed by atoms with E-state index in [4.69, 9.17) is 0 Å². The molecule has 4 rings (SSSR count). The lowest BCUT2D eigenvalue weighted by atomic mass is 9.98. The van der Waals surface area contributed by atoms with Crippen molar-refractivity contribution in [2.24, 2.45) is 5.92 Å². The summed E-state index contributed by atoms with van der Waals surface area (Å²) < 4.78 is 42.3. The van der Waals surface area contributed by atoms with Crippen LogP contribution in [-0.4, -0.2) is 53.4 Å². The fraction of sp³-hybridized carbons (Fsp3) is 0.333. The highest BCUT2D eigenvalue weighted by Crippen LogP contribution is 2.25. The molecule has 0 aliphatic carbocycles. The lowest BCUT2D eigenvalue weighted by Crippen LogP contribution is -2.45. The molecule has 1 aliphatic rings. The van der Waals surface area contributed by atoms with Gasteiger partial charge in [-0.05, 0) is 42.7 Å². The molecule has 1 aliphatic heterocycles. The molecular formula is C24H27FN4O3S. The van der Waals surface area contributed by atoms with Gasteiger partial charge in [-0.3, -0.25) is 9.48 Å². The summed E-state index contributed by atoms with van der Waals surface area (Å²) in [5, 5.41) is 4.38.